The molecule has 5 rings (SSSR count). The predicted octanol–water partition coefficient (Wildman–Crippen LogP) is 6.05. The summed E-state index contributed by atoms with van der Waals surface area (Å²) in [5.41, 5.74) is 6.37. The van der Waals surface area contributed by atoms with E-state index < -0.39 is 0 Å². The summed E-state index contributed by atoms with van der Waals surface area (Å²) in [5.74, 6) is -0.0832. The zero-order valence-electron chi connectivity index (χ0n) is 18.4. The maximum absolute atomic E-state index is 12.4. The first kappa shape index (κ1) is 21.2. The van der Waals surface area contributed by atoms with Gasteiger partial charge in [-0.2, -0.15) is 5.10 Å². The third-order valence-electron chi connectivity index (χ3n) is 5.35. The number of pyridine rings is 1. The molecule has 0 saturated heterocycles. The maximum atomic E-state index is 12.4. The average Bonchev–Trinajstić information content (AvgIpc) is 3.26. The van der Waals surface area contributed by atoms with Crippen LogP contribution < -0.4 is 10.6 Å². The summed E-state index contributed by atoms with van der Waals surface area (Å²) in [6.07, 6.45) is 7.74. The van der Waals surface area contributed by atoms with E-state index in [0.717, 1.165) is 44.8 Å². The van der Waals surface area contributed by atoms with Crippen LogP contribution in [-0.2, 0) is 11.2 Å². The molecular formula is C28H23N5O. The van der Waals surface area contributed by atoms with Gasteiger partial charge in [-0.25, -0.2) is 0 Å². The number of anilines is 3. The molecule has 0 fully saturated rings. The van der Waals surface area contributed by atoms with Crippen molar-refractivity contribution in [1.82, 2.24) is 15.2 Å². The zero-order valence-corrected chi connectivity index (χ0v) is 18.4. The second kappa shape index (κ2) is 9.83. The molecule has 3 N–H and O–H groups in total. The standard InChI is InChI=1S/C28H23N5O/c34-28(16-21-8-5-15-29-19-21)31-23-10-4-9-22(17-23)30-24-12-13-25-26(32-33-27(25)18-24)14-11-20-6-2-1-3-7-20/h1-15,17-19,30H,16H2,(H,31,34)(H,32,33)/b14-11+. The SMILES string of the molecule is O=C(Cc1cccnc1)Nc1cccc(Nc2ccc3c(/C=C/c4ccccc4)n[nH]c3c2)c1. The first-order valence-corrected chi connectivity index (χ1v) is 11.0. The van der Waals surface area contributed by atoms with E-state index >= 15 is 0 Å². The lowest BCUT2D eigenvalue weighted by Crippen LogP contribution is -2.14. The van der Waals surface area contributed by atoms with Crippen molar-refractivity contribution in [3.63, 3.8) is 0 Å². The molecule has 0 aliphatic rings. The summed E-state index contributed by atoms with van der Waals surface area (Å²) in [4.78, 5) is 16.4. The van der Waals surface area contributed by atoms with Gasteiger partial charge in [0.15, 0.2) is 0 Å². The molecule has 0 atom stereocenters. The van der Waals surface area contributed by atoms with Crippen molar-refractivity contribution >= 4 is 46.0 Å². The number of rotatable bonds is 7. The number of carbonyl (C=O) groups excluding carboxylic acids is 1. The number of benzene rings is 3. The van der Waals surface area contributed by atoms with Crippen molar-refractivity contribution in [3.8, 4) is 0 Å². The highest BCUT2D eigenvalue weighted by molar-refractivity contribution is 5.93. The summed E-state index contributed by atoms with van der Waals surface area (Å²) in [6, 6.07) is 27.6. The second-order valence-electron chi connectivity index (χ2n) is 7.91. The van der Waals surface area contributed by atoms with Crippen molar-refractivity contribution in [2.75, 3.05) is 10.6 Å². The number of hydrogen-bond donors (Lipinski definition) is 3. The largest absolute Gasteiger partial charge is 0.355 e. The lowest BCUT2D eigenvalue weighted by atomic mass is 10.1. The van der Waals surface area contributed by atoms with Crippen LogP contribution in [0.15, 0.2) is 97.3 Å². The van der Waals surface area contributed by atoms with Crippen LogP contribution in [0.1, 0.15) is 16.8 Å². The number of nitrogens with one attached hydrogen (secondary N) is 3. The molecule has 166 valence electrons. The monoisotopic (exact) mass is 445 g/mol. The van der Waals surface area contributed by atoms with E-state index in [2.05, 4.69) is 44.0 Å². The fourth-order valence-corrected chi connectivity index (χ4v) is 3.72. The minimum atomic E-state index is -0.0832. The molecular weight excluding hydrogens is 422 g/mol. The number of carbonyl (C=O) groups is 1. The van der Waals surface area contributed by atoms with E-state index in [1.165, 1.54) is 0 Å². The topological polar surface area (TPSA) is 82.7 Å². The van der Waals surface area contributed by atoms with Gasteiger partial charge in [0.05, 0.1) is 17.6 Å². The second-order valence-corrected chi connectivity index (χ2v) is 7.91. The summed E-state index contributed by atoms with van der Waals surface area (Å²) in [6.45, 7) is 0. The number of aromatic nitrogens is 3. The quantitative estimate of drug-likeness (QED) is 0.285. The third-order valence-corrected chi connectivity index (χ3v) is 5.35. The molecule has 2 heterocycles. The smallest absolute Gasteiger partial charge is 0.228 e. The van der Waals surface area contributed by atoms with Crippen molar-refractivity contribution in [1.29, 1.82) is 0 Å². The first-order chi connectivity index (χ1) is 16.7. The van der Waals surface area contributed by atoms with Gasteiger partial charge in [0.1, 0.15) is 0 Å². The molecule has 3 aromatic carbocycles. The Bertz CT molecular complexity index is 1440. The summed E-state index contributed by atoms with van der Waals surface area (Å²) in [5, 5.41) is 15.0. The van der Waals surface area contributed by atoms with Crippen LogP contribution in [0.25, 0.3) is 23.1 Å². The highest BCUT2D eigenvalue weighted by Gasteiger charge is 2.07. The van der Waals surface area contributed by atoms with Gasteiger partial charge in [-0.05, 0) is 59.7 Å². The fourth-order valence-electron chi connectivity index (χ4n) is 3.72. The summed E-state index contributed by atoms with van der Waals surface area (Å²) >= 11 is 0. The van der Waals surface area contributed by atoms with Gasteiger partial charge >= 0.3 is 0 Å². The Morgan fingerprint density at radius 1 is 0.853 bits per heavy atom. The van der Waals surface area contributed by atoms with Crippen LogP contribution in [0, 0.1) is 0 Å². The maximum Gasteiger partial charge on any atom is 0.228 e. The molecule has 0 bridgehead atoms. The van der Waals surface area contributed by atoms with Crippen LogP contribution >= 0.6 is 0 Å². The summed E-state index contributed by atoms with van der Waals surface area (Å²) < 4.78 is 0. The van der Waals surface area contributed by atoms with E-state index in [4.69, 9.17) is 0 Å². The van der Waals surface area contributed by atoms with Gasteiger partial charge in [0.25, 0.3) is 0 Å². The summed E-state index contributed by atoms with van der Waals surface area (Å²) in [7, 11) is 0. The Hall–Kier alpha value is -4.71. The number of fused-ring (bicyclic) bond motifs is 1. The van der Waals surface area contributed by atoms with Crippen LogP contribution in [0.4, 0.5) is 17.1 Å². The first-order valence-electron chi connectivity index (χ1n) is 11.0. The molecule has 2 aromatic heterocycles. The van der Waals surface area contributed by atoms with Crippen LogP contribution in [0.3, 0.4) is 0 Å². The number of aromatic amines is 1. The van der Waals surface area contributed by atoms with E-state index in [1.54, 1.807) is 12.4 Å². The van der Waals surface area contributed by atoms with Crippen molar-refractivity contribution < 1.29 is 4.79 Å². The van der Waals surface area contributed by atoms with Gasteiger partial charge < -0.3 is 10.6 Å². The predicted molar refractivity (Wildman–Crippen MR) is 138 cm³/mol. The highest BCUT2D eigenvalue weighted by atomic mass is 16.1. The molecule has 0 aliphatic carbocycles. The van der Waals surface area contributed by atoms with E-state index in [9.17, 15) is 4.79 Å². The van der Waals surface area contributed by atoms with Crippen molar-refractivity contribution in [2.24, 2.45) is 0 Å². The zero-order chi connectivity index (χ0) is 23.2. The van der Waals surface area contributed by atoms with Gasteiger partial charge in [0, 0.05) is 34.8 Å². The van der Waals surface area contributed by atoms with Gasteiger partial charge in [-0.3, -0.25) is 14.9 Å². The fraction of sp³-hybridized carbons (Fsp3) is 0.0357. The average molecular weight is 446 g/mol. The Labute approximate surface area is 197 Å². The molecule has 0 aliphatic heterocycles. The van der Waals surface area contributed by atoms with Crippen LogP contribution in [-0.4, -0.2) is 21.1 Å². The molecule has 0 unspecified atom stereocenters. The van der Waals surface area contributed by atoms with Gasteiger partial charge in [-0.1, -0.05) is 48.5 Å². The number of H-pyrrole nitrogens is 1. The molecule has 6 heteroatoms. The van der Waals surface area contributed by atoms with E-state index in [0.29, 0.717) is 0 Å². The number of amides is 1. The molecule has 5 aromatic rings. The molecule has 0 radical (unpaired) electrons. The van der Waals surface area contributed by atoms with Crippen molar-refractivity contribution in [2.45, 2.75) is 6.42 Å². The van der Waals surface area contributed by atoms with Gasteiger partial charge in [0.2, 0.25) is 5.91 Å². The normalized spacial score (nSPS) is 11.1. The lowest BCUT2D eigenvalue weighted by Gasteiger charge is -2.10. The lowest BCUT2D eigenvalue weighted by molar-refractivity contribution is -0.115. The van der Waals surface area contributed by atoms with E-state index in [1.807, 2.05) is 78.9 Å². The Balaban J connectivity index is 1.27. The van der Waals surface area contributed by atoms with E-state index in [-0.39, 0.29) is 12.3 Å². The van der Waals surface area contributed by atoms with Crippen molar-refractivity contribution in [3.05, 3.63) is 114 Å². The third kappa shape index (κ3) is 5.19. The molecule has 0 saturated carbocycles. The van der Waals surface area contributed by atoms with Crippen LogP contribution in [0.5, 0.6) is 0 Å². The Morgan fingerprint density at radius 2 is 1.71 bits per heavy atom. The number of nitrogens with zero attached hydrogens (tertiary/aromatic N) is 2. The molecule has 34 heavy (non-hydrogen) atoms. The Morgan fingerprint density at radius 3 is 2.56 bits per heavy atom. The molecule has 1 amide bonds. The van der Waals surface area contributed by atoms with Crippen LogP contribution in [0.2, 0.25) is 0 Å². The molecule has 6 nitrogen and oxygen atoms in total. The number of hydrogen-bond acceptors (Lipinski definition) is 4. The minimum Gasteiger partial charge on any atom is -0.355 e. The minimum absolute atomic E-state index is 0.0832. The highest BCUT2D eigenvalue weighted by Crippen LogP contribution is 2.25. The van der Waals surface area contributed by atoms with Gasteiger partial charge in [-0.15, -0.1) is 0 Å². The Kier molecular flexibility index (Phi) is 6.12. The molecule has 0 spiro atoms.